The van der Waals surface area contributed by atoms with E-state index in [1.807, 2.05) is 12.2 Å². The first-order chi connectivity index (χ1) is 7.54. The Bertz CT molecular complexity index is 311. The average Bonchev–Trinajstić information content (AvgIpc) is 2.29. The van der Waals surface area contributed by atoms with Gasteiger partial charge in [-0.25, -0.2) is 4.39 Å². The summed E-state index contributed by atoms with van der Waals surface area (Å²) in [4.78, 5) is 0. The number of halogens is 1. The minimum Gasteiger partial charge on any atom is -0.243 e. The van der Waals surface area contributed by atoms with Crippen LogP contribution >= 0.6 is 0 Å². The Morgan fingerprint density at radius 3 is 2.69 bits per heavy atom. The molecule has 0 aromatic rings. The molecule has 0 radical (unpaired) electrons. The summed E-state index contributed by atoms with van der Waals surface area (Å²) in [6.45, 7) is 10.8. The van der Waals surface area contributed by atoms with E-state index in [1.54, 1.807) is 6.08 Å². The molecule has 0 nitrogen and oxygen atoms in total. The van der Waals surface area contributed by atoms with Crippen LogP contribution in [-0.2, 0) is 0 Å². The van der Waals surface area contributed by atoms with E-state index < -0.39 is 6.17 Å². The van der Waals surface area contributed by atoms with Gasteiger partial charge in [-0.15, -0.1) is 0 Å². The van der Waals surface area contributed by atoms with Gasteiger partial charge in [0.25, 0.3) is 0 Å². The molecule has 90 valence electrons. The van der Waals surface area contributed by atoms with Crippen LogP contribution < -0.4 is 0 Å². The highest BCUT2D eigenvalue weighted by Gasteiger charge is 2.29. The van der Waals surface area contributed by atoms with Crippen LogP contribution in [0.2, 0.25) is 0 Å². The fourth-order valence-electron chi connectivity index (χ4n) is 2.24. The molecule has 2 unspecified atom stereocenters. The van der Waals surface area contributed by atoms with Gasteiger partial charge in [0.15, 0.2) is 0 Å². The van der Waals surface area contributed by atoms with Crippen molar-refractivity contribution in [3.63, 3.8) is 0 Å². The van der Waals surface area contributed by atoms with Gasteiger partial charge in [0, 0.05) is 11.8 Å². The Balaban J connectivity index is 2.88. The van der Waals surface area contributed by atoms with Crippen molar-refractivity contribution in [2.45, 2.75) is 52.6 Å². The minimum atomic E-state index is -0.802. The van der Waals surface area contributed by atoms with E-state index >= 15 is 0 Å². The SMILES string of the molecule is C=C(CCC)C(C)(CC)C1=CCC(F)C=C1. The molecule has 0 spiro atoms. The van der Waals surface area contributed by atoms with E-state index in [0.29, 0.717) is 6.42 Å². The lowest BCUT2D eigenvalue weighted by atomic mass is 9.71. The summed E-state index contributed by atoms with van der Waals surface area (Å²) in [5.41, 5.74) is 2.53. The lowest BCUT2D eigenvalue weighted by Gasteiger charge is -2.34. The smallest absolute Gasteiger partial charge is 0.122 e. The standard InChI is InChI=1S/C15H23F/c1-5-7-12(3)15(4,6-2)13-8-10-14(16)11-9-13/h8-10,14H,3,5-7,11H2,1-2,4H3. The second-order valence-electron chi connectivity index (χ2n) is 4.81. The van der Waals surface area contributed by atoms with Gasteiger partial charge >= 0.3 is 0 Å². The van der Waals surface area contributed by atoms with Crippen LogP contribution in [-0.4, -0.2) is 6.17 Å². The quantitative estimate of drug-likeness (QED) is 0.575. The van der Waals surface area contributed by atoms with Crippen LogP contribution in [0, 0.1) is 5.41 Å². The molecular formula is C15H23F. The zero-order valence-electron chi connectivity index (χ0n) is 10.7. The number of hydrogen-bond acceptors (Lipinski definition) is 0. The summed E-state index contributed by atoms with van der Waals surface area (Å²) < 4.78 is 13.0. The van der Waals surface area contributed by atoms with Crippen LogP contribution in [0.25, 0.3) is 0 Å². The Kier molecular flexibility index (Phi) is 4.52. The Hall–Kier alpha value is -0.850. The van der Waals surface area contributed by atoms with Crippen molar-refractivity contribution >= 4 is 0 Å². The van der Waals surface area contributed by atoms with Gasteiger partial charge in [-0.05, 0) is 18.4 Å². The molecule has 0 amide bonds. The van der Waals surface area contributed by atoms with Gasteiger partial charge in [-0.1, -0.05) is 57.6 Å². The largest absolute Gasteiger partial charge is 0.243 e. The highest BCUT2D eigenvalue weighted by molar-refractivity contribution is 5.37. The lowest BCUT2D eigenvalue weighted by molar-refractivity contribution is 0.389. The molecule has 0 aliphatic heterocycles. The maximum Gasteiger partial charge on any atom is 0.122 e. The maximum absolute atomic E-state index is 13.0. The Morgan fingerprint density at radius 1 is 1.56 bits per heavy atom. The highest BCUT2D eigenvalue weighted by Crippen LogP contribution is 2.41. The Morgan fingerprint density at radius 2 is 2.25 bits per heavy atom. The van der Waals surface area contributed by atoms with Crippen molar-refractivity contribution in [1.29, 1.82) is 0 Å². The van der Waals surface area contributed by atoms with E-state index in [2.05, 4.69) is 27.4 Å². The second kappa shape index (κ2) is 5.47. The van der Waals surface area contributed by atoms with Crippen molar-refractivity contribution in [3.8, 4) is 0 Å². The third-order valence-corrected chi connectivity index (χ3v) is 3.72. The number of alkyl halides is 1. The third kappa shape index (κ3) is 2.63. The zero-order valence-corrected chi connectivity index (χ0v) is 10.7. The average molecular weight is 222 g/mol. The minimum absolute atomic E-state index is 0.0205. The summed E-state index contributed by atoms with van der Waals surface area (Å²) in [5.74, 6) is 0. The molecule has 0 heterocycles. The predicted octanol–water partition coefficient (Wildman–Crippen LogP) is 4.98. The van der Waals surface area contributed by atoms with E-state index in [1.165, 1.54) is 11.1 Å². The molecule has 0 aromatic carbocycles. The van der Waals surface area contributed by atoms with Gasteiger partial charge < -0.3 is 0 Å². The van der Waals surface area contributed by atoms with E-state index in [-0.39, 0.29) is 5.41 Å². The van der Waals surface area contributed by atoms with E-state index in [4.69, 9.17) is 0 Å². The molecule has 0 fully saturated rings. The normalized spacial score (nSPS) is 23.8. The summed E-state index contributed by atoms with van der Waals surface area (Å²) in [6, 6.07) is 0. The molecule has 0 N–H and O–H groups in total. The molecule has 16 heavy (non-hydrogen) atoms. The van der Waals surface area contributed by atoms with Crippen molar-refractivity contribution < 1.29 is 4.39 Å². The van der Waals surface area contributed by atoms with Gasteiger partial charge in [0.1, 0.15) is 6.17 Å². The maximum atomic E-state index is 13.0. The van der Waals surface area contributed by atoms with Crippen molar-refractivity contribution in [2.24, 2.45) is 5.41 Å². The fraction of sp³-hybridized carbons (Fsp3) is 0.600. The molecular weight excluding hydrogens is 199 g/mol. The molecule has 2 atom stereocenters. The van der Waals surface area contributed by atoms with E-state index in [0.717, 1.165) is 19.3 Å². The van der Waals surface area contributed by atoms with E-state index in [9.17, 15) is 4.39 Å². The van der Waals surface area contributed by atoms with Gasteiger partial charge in [-0.2, -0.15) is 0 Å². The number of rotatable bonds is 5. The highest BCUT2D eigenvalue weighted by atomic mass is 19.1. The van der Waals surface area contributed by atoms with Crippen molar-refractivity contribution in [1.82, 2.24) is 0 Å². The summed E-state index contributed by atoms with van der Waals surface area (Å²) in [5, 5.41) is 0. The topological polar surface area (TPSA) is 0 Å². The summed E-state index contributed by atoms with van der Waals surface area (Å²) in [7, 11) is 0. The molecule has 1 aliphatic carbocycles. The predicted molar refractivity (Wildman–Crippen MR) is 69.2 cm³/mol. The molecule has 1 rings (SSSR count). The molecule has 1 aliphatic rings. The molecule has 0 saturated carbocycles. The summed E-state index contributed by atoms with van der Waals surface area (Å²) >= 11 is 0. The first kappa shape index (κ1) is 13.2. The third-order valence-electron chi connectivity index (χ3n) is 3.72. The number of allylic oxidation sites excluding steroid dienone is 5. The van der Waals surface area contributed by atoms with Crippen LogP contribution in [0.4, 0.5) is 4.39 Å². The fourth-order valence-corrected chi connectivity index (χ4v) is 2.24. The van der Waals surface area contributed by atoms with Crippen LogP contribution in [0.1, 0.15) is 46.5 Å². The second-order valence-corrected chi connectivity index (χ2v) is 4.81. The monoisotopic (exact) mass is 222 g/mol. The summed E-state index contributed by atoms with van der Waals surface area (Å²) in [6.07, 6.45) is 8.56. The van der Waals surface area contributed by atoms with Crippen molar-refractivity contribution in [2.75, 3.05) is 0 Å². The molecule has 0 bridgehead atoms. The first-order valence-corrected chi connectivity index (χ1v) is 6.25. The molecule has 1 heteroatoms. The molecule has 0 saturated heterocycles. The van der Waals surface area contributed by atoms with Crippen LogP contribution in [0.5, 0.6) is 0 Å². The first-order valence-electron chi connectivity index (χ1n) is 6.25. The van der Waals surface area contributed by atoms with Gasteiger partial charge in [0.2, 0.25) is 0 Å². The van der Waals surface area contributed by atoms with Gasteiger partial charge in [-0.3, -0.25) is 0 Å². The molecule has 0 aromatic heterocycles. The lowest BCUT2D eigenvalue weighted by Crippen LogP contribution is -2.21. The van der Waals surface area contributed by atoms with Crippen molar-refractivity contribution in [3.05, 3.63) is 36.0 Å². The Labute approximate surface area is 98.9 Å². The van der Waals surface area contributed by atoms with Crippen LogP contribution in [0.3, 0.4) is 0 Å². The van der Waals surface area contributed by atoms with Crippen LogP contribution in [0.15, 0.2) is 36.0 Å². The van der Waals surface area contributed by atoms with Gasteiger partial charge in [0.05, 0.1) is 0 Å². The zero-order chi connectivity index (χ0) is 12.2. The number of hydrogen-bond donors (Lipinski definition) is 0.